The van der Waals surface area contributed by atoms with Gasteiger partial charge in [-0.25, -0.2) is 0 Å². The summed E-state index contributed by atoms with van der Waals surface area (Å²) in [4.78, 5) is 2.24. The van der Waals surface area contributed by atoms with Gasteiger partial charge in [-0.1, -0.05) is 25.2 Å². The number of rotatable bonds is 0. The lowest BCUT2D eigenvalue weighted by Crippen LogP contribution is -2.10. The lowest BCUT2D eigenvalue weighted by Gasteiger charge is -2.10. The third-order valence-electron chi connectivity index (χ3n) is 1.98. The van der Waals surface area contributed by atoms with Gasteiger partial charge >= 0.3 is 0 Å². The number of nitrogens with zero attached hydrogens (tertiary/aromatic N) is 1. The van der Waals surface area contributed by atoms with Gasteiger partial charge in [0.25, 0.3) is 0 Å². The van der Waals surface area contributed by atoms with Crippen molar-refractivity contribution in [2.45, 2.75) is 19.8 Å². The zero-order valence-corrected chi connectivity index (χ0v) is 7.46. The molecule has 0 aromatic carbocycles. The molecule has 0 aliphatic carbocycles. The van der Waals surface area contributed by atoms with E-state index in [1.807, 2.05) is 0 Å². The van der Waals surface area contributed by atoms with Crippen molar-refractivity contribution in [1.29, 1.82) is 0 Å². The second kappa shape index (κ2) is 4.22. The minimum atomic E-state index is 0.706. The summed E-state index contributed by atoms with van der Waals surface area (Å²) in [6.07, 6.45) is 11.4. The van der Waals surface area contributed by atoms with E-state index in [4.69, 9.17) is 0 Å². The van der Waals surface area contributed by atoms with Crippen molar-refractivity contribution in [3.05, 3.63) is 24.4 Å². The van der Waals surface area contributed by atoms with E-state index in [-0.39, 0.29) is 0 Å². The van der Waals surface area contributed by atoms with Crippen LogP contribution in [0, 0.1) is 5.92 Å². The molecule has 1 unspecified atom stereocenters. The molecule has 0 radical (unpaired) electrons. The minimum absolute atomic E-state index is 0.706. The highest BCUT2D eigenvalue weighted by Gasteiger charge is 1.96. The van der Waals surface area contributed by atoms with Gasteiger partial charge in [0.2, 0.25) is 0 Å². The van der Waals surface area contributed by atoms with Crippen LogP contribution < -0.4 is 0 Å². The Hall–Kier alpha value is -0.720. The van der Waals surface area contributed by atoms with E-state index in [1.165, 1.54) is 12.8 Å². The molecule has 1 heteroatoms. The van der Waals surface area contributed by atoms with Crippen LogP contribution in [0.5, 0.6) is 0 Å². The lowest BCUT2D eigenvalue weighted by molar-refractivity contribution is 0.464. The van der Waals surface area contributed by atoms with E-state index in [2.05, 4.69) is 43.3 Å². The zero-order valence-electron chi connectivity index (χ0n) is 7.46. The van der Waals surface area contributed by atoms with Gasteiger partial charge in [0.15, 0.2) is 0 Å². The van der Waals surface area contributed by atoms with Crippen LogP contribution in [0.3, 0.4) is 0 Å². The van der Waals surface area contributed by atoms with Gasteiger partial charge in [-0.3, -0.25) is 0 Å². The van der Waals surface area contributed by atoms with E-state index in [0.717, 1.165) is 6.54 Å². The Kier molecular flexibility index (Phi) is 3.21. The average Bonchev–Trinajstić information content (AvgIpc) is 2.04. The molecule has 0 saturated carbocycles. The molecular weight excluding hydrogens is 134 g/mol. The maximum Gasteiger partial charge on any atom is 0.0203 e. The number of allylic oxidation sites excluding steroid dienone is 2. The first-order chi connectivity index (χ1) is 5.29. The first kappa shape index (κ1) is 8.38. The summed E-state index contributed by atoms with van der Waals surface area (Å²) in [7, 11) is 2.13. The predicted molar refractivity (Wildman–Crippen MR) is 49.3 cm³/mol. The quantitative estimate of drug-likeness (QED) is 0.481. The van der Waals surface area contributed by atoms with Crippen LogP contribution in [-0.2, 0) is 0 Å². The standard InChI is InChI=1S/C10H17N/c1-10-6-3-4-8-11(2)9-5-7-10/h3,5-6,9-10H,4,7-8H2,1-2H3/b6-3+,9-5+. The Morgan fingerprint density at radius 3 is 3.00 bits per heavy atom. The molecule has 1 aliphatic heterocycles. The van der Waals surface area contributed by atoms with Crippen molar-refractivity contribution >= 4 is 0 Å². The smallest absolute Gasteiger partial charge is 0.0203 e. The molecule has 0 aromatic rings. The summed E-state index contributed by atoms with van der Waals surface area (Å²) >= 11 is 0. The fourth-order valence-electron chi connectivity index (χ4n) is 1.22. The van der Waals surface area contributed by atoms with Gasteiger partial charge in [0.05, 0.1) is 0 Å². The Morgan fingerprint density at radius 2 is 2.18 bits per heavy atom. The zero-order chi connectivity index (χ0) is 8.10. The third-order valence-corrected chi connectivity index (χ3v) is 1.98. The molecule has 11 heavy (non-hydrogen) atoms. The number of hydrogen-bond donors (Lipinski definition) is 0. The molecule has 0 N–H and O–H groups in total. The molecule has 62 valence electrons. The van der Waals surface area contributed by atoms with Crippen molar-refractivity contribution in [3.63, 3.8) is 0 Å². The van der Waals surface area contributed by atoms with Crippen LogP contribution in [-0.4, -0.2) is 18.5 Å². The summed E-state index contributed by atoms with van der Waals surface area (Å²) in [5.74, 6) is 0.706. The van der Waals surface area contributed by atoms with Gasteiger partial charge in [0, 0.05) is 13.6 Å². The summed E-state index contributed by atoms with van der Waals surface area (Å²) < 4.78 is 0. The third kappa shape index (κ3) is 3.26. The lowest BCUT2D eigenvalue weighted by atomic mass is 10.1. The maximum absolute atomic E-state index is 2.31. The molecule has 1 rings (SSSR count). The van der Waals surface area contributed by atoms with E-state index in [0.29, 0.717) is 5.92 Å². The monoisotopic (exact) mass is 151 g/mol. The Bertz CT molecular complexity index is 158. The van der Waals surface area contributed by atoms with Crippen LogP contribution in [0.4, 0.5) is 0 Å². The average molecular weight is 151 g/mol. The van der Waals surface area contributed by atoms with Crippen molar-refractivity contribution in [1.82, 2.24) is 4.90 Å². The van der Waals surface area contributed by atoms with E-state index in [9.17, 15) is 0 Å². The molecule has 1 atom stereocenters. The second-order valence-corrected chi connectivity index (χ2v) is 3.30. The highest BCUT2D eigenvalue weighted by atomic mass is 15.1. The molecular formula is C10H17N. The topological polar surface area (TPSA) is 3.24 Å². The van der Waals surface area contributed by atoms with Crippen LogP contribution >= 0.6 is 0 Å². The highest BCUT2D eigenvalue weighted by molar-refractivity contribution is 4.94. The first-order valence-electron chi connectivity index (χ1n) is 4.32. The molecule has 1 heterocycles. The maximum atomic E-state index is 2.31. The summed E-state index contributed by atoms with van der Waals surface area (Å²) in [5, 5.41) is 0. The summed E-state index contributed by atoms with van der Waals surface area (Å²) in [5.41, 5.74) is 0. The van der Waals surface area contributed by atoms with Crippen LogP contribution in [0.2, 0.25) is 0 Å². The molecule has 0 spiro atoms. The first-order valence-corrected chi connectivity index (χ1v) is 4.32. The van der Waals surface area contributed by atoms with Crippen LogP contribution in [0.1, 0.15) is 19.8 Å². The molecule has 0 amide bonds. The van der Waals surface area contributed by atoms with Crippen molar-refractivity contribution < 1.29 is 0 Å². The van der Waals surface area contributed by atoms with E-state index < -0.39 is 0 Å². The Balaban J connectivity index is 2.49. The molecule has 0 fully saturated rings. The molecule has 1 nitrogen and oxygen atoms in total. The highest BCUT2D eigenvalue weighted by Crippen LogP contribution is 2.07. The van der Waals surface area contributed by atoms with Gasteiger partial charge in [0.1, 0.15) is 0 Å². The molecule has 0 bridgehead atoms. The molecule has 1 aliphatic rings. The summed E-state index contributed by atoms with van der Waals surface area (Å²) in [6.45, 7) is 3.39. The number of hydrogen-bond acceptors (Lipinski definition) is 1. The SMILES string of the molecule is CC1/C=C/CCN(C)/C=C/C1. The summed E-state index contributed by atoms with van der Waals surface area (Å²) in [6, 6.07) is 0. The fraction of sp³-hybridized carbons (Fsp3) is 0.600. The van der Waals surface area contributed by atoms with Crippen LogP contribution in [0.15, 0.2) is 24.4 Å². The Labute approximate surface area is 69.4 Å². The van der Waals surface area contributed by atoms with Crippen molar-refractivity contribution in [3.8, 4) is 0 Å². The second-order valence-electron chi connectivity index (χ2n) is 3.30. The van der Waals surface area contributed by atoms with Gasteiger partial charge in [-0.2, -0.15) is 0 Å². The van der Waals surface area contributed by atoms with Gasteiger partial charge in [-0.15, -0.1) is 0 Å². The van der Waals surface area contributed by atoms with E-state index in [1.54, 1.807) is 0 Å². The Morgan fingerprint density at radius 1 is 1.36 bits per heavy atom. The fourth-order valence-corrected chi connectivity index (χ4v) is 1.22. The normalized spacial score (nSPS) is 31.8. The van der Waals surface area contributed by atoms with Crippen molar-refractivity contribution in [2.75, 3.05) is 13.6 Å². The van der Waals surface area contributed by atoms with Gasteiger partial charge < -0.3 is 4.90 Å². The largest absolute Gasteiger partial charge is 0.380 e. The van der Waals surface area contributed by atoms with Crippen molar-refractivity contribution in [2.24, 2.45) is 5.92 Å². The predicted octanol–water partition coefficient (Wildman–Crippen LogP) is 2.42. The van der Waals surface area contributed by atoms with E-state index >= 15 is 0 Å². The molecule has 0 saturated heterocycles. The minimum Gasteiger partial charge on any atom is -0.380 e. The van der Waals surface area contributed by atoms with Crippen LogP contribution in [0.25, 0.3) is 0 Å². The molecule has 0 aromatic heterocycles. The van der Waals surface area contributed by atoms with Gasteiger partial charge in [-0.05, 0) is 25.0 Å².